The molecule has 0 radical (unpaired) electrons. The summed E-state index contributed by atoms with van der Waals surface area (Å²) in [6.07, 6.45) is 6.01. The number of Topliss-reactive ketones (excluding diaryl/α,β-unsaturated/α-hetero) is 1. The lowest BCUT2D eigenvalue weighted by Crippen LogP contribution is -2.36. The highest BCUT2D eigenvalue weighted by Crippen LogP contribution is 2.36. The van der Waals surface area contributed by atoms with Crippen molar-refractivity contribution in [3.8, 4) is 16.9 Å². The quantitative estimate of drug-likeness (QED) is 0.270. The first-order chi connectivity index (χ1) is 19.8. The Hall–Kier alpha value is -3.97. The van der Waals surface area contributed by atoms with E-state index < -0.39 is 6.09 Å². The molecule has 2 aromatic carbocycles. The average molecular weight is 560 g/mol. The predicted molar refractivity (Wildman–Crippen MR) is 169 cm³/mol. The number of ether oxygens (including phenoxy) is 2. The number of rotatable bonds is 9. The molecule has 0 bridgehead atoms. The molecule has 7 nitrogen and oxygen atoms in total. The van der Waals surface area contributed by atoms with Gasteiger partial charge >= 0.3 is 6.09 Å². The molecule has 220 valence electrons. The highest BCUT2D eigenvalue weighted by molar-refractivity contribution is 6.06. The van der Waals surface area contributed by atoms with Crippen molar-refractivity contribution in [2.24, 2.45) is 11.8 Å². The second kappa shape index (κ2) is 13.6. The third-order valence-electron chi connectivity index (χ3n) is 8.21. The van der Waals surface area contributed by atoms with Crippen molar-refractivity contribution < 1.29 is 21.9 Å². The summed E-state index contributed by atoms with van der Waals surface area (Å²) in [6, 6.07) is 15.6. The molecule has 1 saturated heterocycles. The highest BCUT2D eigenvalue weighted by Gasteiger charge is 2.31. The van der Waals surface area contributed by atoms with Gasteiger partial charge in [0.25, 0.3) is 0 Å². The molecule has 1 aliphatic heterocycles. The van der Waals surface area contributed by atoms with Gasteiger partial charge in [0.15, 0.2) is 5.78 Å². The Bertz CT molecular complexity index is 1430. The Morgan fingerprint density at radius 3 is 2.44 bits per heavy atom. The fourth-order valence-electron chi connectivity index (χ4n) is 5.85. The van der Waals surface area contributed by atoms with E-state index in [4.69, 9.17) is 14.5 Å². The monoisotopic (exact) mass is 559 g/mol. The van der Waals surface area contributed by atoms with Crippen molar-refractivity contribution in [1.29, 1.82) is 0 Å². The first kappa shape index (κ1) is 30.0. The number of methoxy groups -OCH3 is 2. The van der Waals surface area contributed by atoms with E-state index in [2.05, 4.69) is 36.3 Å². The number of ketones is 1. The minimum Gasteiger partial charge on any atom is -0.496 e. The summed E-state index contributed by atoms with van der Waals surface area (Å²) < 4.78 is 10.5. The lowest BCUT2D eigenvalue weighted by molar-refractivity contribution is 0.0809. The van der Waals surface area contributed by atoms with E-state index >= 15 is 0 Å². The minimum absolute atomic E-state index is 0. The predicted octanol–water partition coefficient (Wildman–Crippen LogP) is 7.74. The fourth-order valence-corrected chi connectivity index (χ4v) is 5.85. The Labute approximate surface area is 246 Å². The number of anilines is 1. The zero-order valence-electron chi connectivity index (χ0n) is 25.0. The molecule has 1 unspecified atom stereocenters. The van der Waals surface area contributed by atoms with Crippen LogP contribution in [-0.4, -0.2) is 56.1 Å². The fraction of sp³-hybridized carbons (Fsp3) is 0.382. The number of nitrogens with one attached hydrogen (secondary N) is 1. The molecule has 1 N–H and O–H groups in total. The van der Waals surface area contributed by atoms with Gasteiger partial charge in [-0.25, -0.2) is 4.79 Å². The molecule has 1 amide bonds. The number of carbonyl (C=O) groups is 2. The lowest BCUT2D eigenvalue weighted by Gasteiger charge is -2.33. The molecule has 1 aromatic heterocycles. The van der Waals surface area contributed by atoms with Gasteiger partial charge in [-0.3, -0.25) is 15.1 Å². The Morgan fingerprint density at radius 2 is 1.78 bits per heavy atom. The van der Waals surface area contributed by atoms with Crippen LogP contribution in [0, 0.1) is 18.8 Å². The third-order valence-corrected chi connectivity index (χ3v) is 8.21. The van der Waals surface area contributed by atoms with E-state index in [1.165, 1.54) is 7.11 Å². The van der Waals surface area contributed by atoms with Crippen LogP contribution in [-0.2, 0) is 4.74 Å². The average Bonchev–Trinajstić information content (AvgIpc) is 3.00. The van der Waals surface area contributed by atoms with E-state index in [0.29, 0.717) is 17.2 Å². The van der Waals surface area contributed by atoms with Crippen LogP contribution in [0.2, 0.25) is 0 Å². The van der Waals surface area contributed by atoms with E-state index in [-0.39, 0.29) is 14.6 Å². The largest absolute Gasteiger partial charge is 0.496 e. The maximum absolute atomic E-state index is 14.1. The molecule has 4 rings (SSSR count). The number of allylic oxidation sites excluding steroid dienone is 1. The Morgan fingerprint density at radius 1 is 1.07 bits per heavy atom. The van der Waals surface area contributed by atoms with Gasteiger partial charge in [-0.1, -0.05) is 37.3 Å². The standard InChI is InChI=1S/C34H41N3O4.2H2/c1-7-26(23-15-17-37(4)18-16-23)33(38)30-19-24(13-14-31(30)36-34(39)41-6)25-20-29(22(3)35-21-25)27(8-2)28-11-9-10-12-32(28)40-5;;/h8-14,19-21,23,26H,7,15-18H2,1-6H3,(H,36,39);2*1H/b27-8-;;. The summed E-state index contributed by atoms with van der Waals surface area (Å²) >= 11 is 0. The third kappa shape index (κ3) is 6.68. The number of carbonyl (C=O) groups excluding carboxylic acids is 2. The molecular weight excluding hydrogens is 514 g/mol. The van der Waals surface area contributed by atoms with Crippen LogP contribution in [0.4, 0.5) is 10.5 Å². The maximum Gasteiger partial charge on any atom is 0.411 e. The molecule has 41 heavy (non-hydrogen) atoms. The zero-order valence-corrected chi connectivity index (χ0v) is 25.0. The number of hydrogen-bond donors (Lipinski definition) is 1. The zero-order chi connectivity index (χ0) is 29.5. The summed E-state index contributed by atoms with van der Waals surface area (Å²) in [5, 5.41) is 2.76. The van der Waals surface area contributed by atoms with Crippen LogP contribution in [0.1, 0.15) is 63.1 Å². The summed E-state index contributed by atoms with van der Waals surface area (Å²) in [4.78, 5) is 33.4. The maximum atomic E-state index is 14.1. The number of piperidine rings is 1. The van der Waals surface area contributed by atoms with Gasteiger partial charge in [-0.15, -0.1) is 0 Å². The molecule has 1 aliphatic rings. The second-order valence-electron chi connectivity index (χ2n) is 10.7. The lowest BCUT2D eigenvalue weighted by atomic mass is 9.78. The molecular formula is C34H45N3O4. The van der Waals surface area contributed by atoms with Crippen molar-refractivity contribution in [2.45, 2.75) is 40.0 Å². The van der Waals surface area contributed by atoms with Crippen molar-refractivity contribution in [1.82, 2.24) is 9.88 Å². The van der Waals surface area contributed by atoms with Gasteiger partial charge in [-0.05, 0) is 94.6 Å². The number of aromatic nitrogens is 1. The second-order valence-corrected chi connectivity index (χ2v) is 10.7. The van der Waals surface area contributed by atoms with Gasteiger partial charge < -0.3 is 14.4 Å². The number of pyridine rings is 1. The number of hydrogen-bond acceptors (Lipinski definition) is 6. The molecule has 2 heterocycles. The van der Waals surface area contributed by atoms with E-state index in [1.54, 1.807) is 13.2 Å². The molecule has 0 spiro atoms. The van der Waals surface area contributed by atoms with Gasteiger partial charge in [0.1, 0.15) is 5.75 Å². The first-order valence-electron chi connectivity index (χ1n) is 14.3. The Kier molecular flexibility index (Phi) is 9.95. The van der Waals surface area contributed by atoms with E-state index in [9.17, 15) is 9.59 Å². The van der Waals surface area contributed by atoms with Crippen LogP contribution in [0.15, 0.2) is 60.8 Å². The first-order valence-corrected chi connectivity index (χ1v) is 14.3. The number of benzene rings is 2. The van der Waals surface area contributed by atoms with Gasteiger partial charge in [0.2, 0.25) is 0 Å². The number of likely N-dealkylation sites (tertiary alicyclic amines) is 1. The summed E-state index contributed by atoms with van der Waals surface area (Å²) in [5.74, 6) is 1.03. The van der Waals surface area contributed by atoms with Crippen molar-refractivity contribution in [3.05, 3.63) is 83.2 Å². The minimum atomic E-state index is -0.604. The van der Waals surface area contributed by atoms with E-state index in [0.717, 1.165) is 71.6 Å². The van der Waals surface area contributed by atoms with Crippen LogP contribution < -0.4 is 10.1 Å². The van der Waals surface area contributed by atoms with Crippen molar-refractivity contribution in [2.75, 3.05) is 39.7 Å². The van der Waals surface area contributed by atoms with Crippen LogP contribution in [0.25, 0.3) is 16.7 Å². The van der Waals surface area contributed by atoms with Crippen molar-refractivity contribution >= 4 is 23.1 Å². The van der Waals surface area contributed by atoms with Crippen LogP contribution in [0.3, 0.4) is 0 Å². The molecule has 3 aromatic rings. The number of amides is 1. The molecule has 1 atom stereocenters. The van der Waals surface area contributed by atoms with E-state index in [1.807, 2.05) is 56.4 Å². The summed E-state index contributed by atoms with van der Waals surface area (Å²) in [5.41, 5.74) is 6.56. The van der Waals surface area contributed by atoms with Gasteiger partial charge in [0, 0.05) is 42.9 Å². The van der Waals surface area contributed by atoms with Gasteiger partial charge in [0.05, 0.1) is 19.9 Å². The number of aryl methyl sites for hydroxylation is 1. The summed E-state index contributed by atoms with van der Waals surface area (Å²) in [6.45, 7) is 8.04. The normalized spacial score (nSPS) is 15.3. The topological polar surface area (TPSA) is 80.8 Å². The number of nitrogens with zero attached hydrogens (tertiary/aromatic N) is 2. The Balaban J connectivity index is 0.00000323. The SMILES string of the molecule is C/C=C(/c1ccccc1OC)c1cc(-c2ccc(NC(=O)OC)c(C(=O)C(CC)C3CCN(C)CC3)c2)cnc1C.[HH].[HH]. The van der Waals surface area contributed by atoms with Crippen LogP contribution in [0.5, 0.6) is 5.75 Å². The highest BCUT2D eigenvalue weighted by atomic mass is 16.5. The molecule has 0 saturated carbocycles. The van der Waals surface area contributed by atoms with Gasteiger partial charge in [-0.2, -0.15) is 0 Å². The van der Waals surface area contributed by atoms with Crippen molar-refractivity contribution in [3.63, 3.8) is 0 Å². The smallest absolute Gasteiger partial charge is 0.411 e. The molecule has 7 heteroatoms. The van der Waals surface area contributed by atoms with Crippen LogP contribution >= 0.6 is 0 Å². The summed E-state index contributed by atoms with van der Waals surface area (Å²) in [7, 11) is 5.11. The molecule has 1 fully saturated rings. The number of para-hydroxylation sites is 1. The molecule has 0 aliphatic carbocycles.